The number of rotatable bonds is 4. The number of aryl methyl sites for hydroxylation is 1. The minimum atomic E-state index is 0.0224. The Labute approximate surface area is 185 Å². The van der Waals surface area contributed by atoms with E-state index in [4.69, 9.17) is 19.0 Å². The molecule has 8 nitrogen and oxygen atoms in total. The van der Waals surface area contributed by atoms with Crippen molar-refractivity contribution in [3.05, 3.63) is 53.2 Å². The van der Waals surface area contributed by atoms with Crippen LogP contribution in [0.15, 0.2) is 35.0 Å². The van der Waals surface area contributed by atoms with Gasteiger partial charge in [-0.3, -0.25) is 4.79 Å². The molecule has 1 amide bonds. The highest BCUT2D eigenvalue weighted by Gasteiger charge is 2.32. The highest BCUT2D eigenvalue weighted by atomic mass is 16.7. The van der Waals surface area contributed by atoms with E-state index in [1.165, 1.54) is 0 Å². The molecule has 2 aliphatic heterocycles. The number of hydrogen-bond donors (Lipinski definition) is 0. The van der Waals surface area contributed by atoms with Gasteiger partial charge in [0.2, 0.25) is 6.79 Å². The third kappa shape index (κ3) is 3.49. The van der Waals surface area contributed by atoms with Crippen LogP contribution >= 0.6 is 0 Å². The van der Waals surface area contributed by atoms with Gasteiger partial charge in [-0.15, -0.1) is 0 Å². The standard InChI is InChI=1S/C24H24N4O4/c1-14-10-20(32-27-14)18-12-25-23(16-2-3-16)26-22(18)15-6-8-28(9-7-15)24(29)17-4-5-19-21(11-17)31-13-30-19/h4-5,10-12,15-16H,2-3,6-9,13H2,1H3. The summed E-state index contributed by atoms with van der Waals surface area (Å²) in [5.41, 5.74) is 3.40. The first-order valence-electron chi connectivity index (χ1n) is 11.1. The molecule has 1 aromatic carbocycles. The molecule has 0 N–H and O–H groups in total. The zero-order valence-electron chi connectivity index (χ0n) is 17.9. The molecule has 2 aromatic heterocycles. The summed E-state index contributed by atoms with van der Waals surface area (Å²) in [6.07, 6.45) is 5.89. The van der Waals surface area contributed by atoms with Crippen LogP contribution in [0.5, 0.6) is 11.5 Å². The Morgan fingerprint density at radius 3 is 2.59 bits per heavy atom. The number of piperidine rings is 1. The predicted octanol–water partition coefficient (Wildman–Crippen LogP) is 4.07. The fraction of sp³-hybridized carbons (Fsp3) is 0.417. The molecule has 32 heavy (non-hydrogen) atoms. The van der Waals surface area contributed by atoms with Crippen LogP contribution in [0, 0.1) is 6.92 Å². The van der Waals surface area contributed by atoms with Crippen LogP contribution in [-0.2, 0) is 0 Å². The van der Waals surface area contributed by atoms with E-state index >= 15 is 0 Å². The summed E-state index contributed by atoms with van der Waals surface area (Å²) in [5, 5.41) is 4.04. The molecule has 0 atom stereocenters. The van der Waals surface area contributed by atoms with E-state index in [2.05, 4.69) is 10.1 Å². The van der Waals surface area contributed by atoms with Crippen LogP contribution in [0.2, 0.25) is 0 Å². The summed E-state index contributed by atoms with van der Waals surface area (Å²) < 4.78 is 16.3. The second kappa shape index (κ2) is 7.62. The maximum Gasteiger partial charge on any atom is 0.253 e. The van der Waals surface area contributed by atoms with Gasteiger partial charge in [0, 0.05) is 42.8 Å². The van der Waals surface area contributed by atoms with Gasteiger partial charge < -0.3 is 18.9 Å². The number of fused-ring (bicyclic) bond motifs is 1. The van der Waals surface area contributed by atoms with Crippen LogP contribution in [0.25, 0.3) is 11.3 Å². The highest BCUT2D eigenvalue weighted by Crippen LogP contribution is 2.41. The fourth-order valence-corrected chi connectivity index (χ4v) is 4.51. The first-order valence-corrected chi connectivity index (χ1v) is 11.1. The molecule has 3 aliphatic rings. The van der Waals surface area contributed by atoms with Gasteiger partial charge in [0.15, 0.2) is 17.3 Å². The van der Waals surface area contributed by atoms with Crippen molar-refractivity contribution in [1.29, 1.82) is 0 Å². The average Bonchev–Trinajstić information content (AvgIpc) is 3.42. The van der Waals surface area contributed by atoms with Crippen molar-refractivity contribution in [2.45, 2.75) is 44.4 Å². The molecule has 4 heterocycles. The first kappa shape index (κ1) is 19.3. The monoisotopic (exact) mass is 432 g/mol. The minimum absolute atomic E-state index is 0.0224. The molecular formula is C24H24N4O4. The highest BCUT2D eigenvalue weighted by molar-refractivity contribution is 5.95. The topological polar surface area (TPSA) is 90.6 Å². The fourth-order valence-electron chi connectivity index (χ4n) is 4.51. The molecule has 0 unspecified atom stereocenters. The number of nitrogens with zero attached hydrogens (tertiary/aromatic N) is 4. The molecule has 8 heteroatoms. The second-order valence-electron chi connectivity index (χ2n) is 8.77. The van der Waals surface area contributed by atoms with Gasteiger partial charge >= 0.3 is 0 Å². The summed E-state index contributed by atoms with van der Waals surface area (Å²) in [7, 11) is 0. The smallest absolute Gasteiger partial charge is 0.253 e. The molecule has 6 rings (SSSR count). The van der Waals surface area contributed by atoms with Gasteiger partial charge in [0.1, 0.15) is 5.82 Å². The zero-order valence-corrected chi connectivity index (χ0v) is 17.9. The molecule has 3 aromatic rings. The third-order valence-corrected chi connectivity index (χ3v) is 6.46. The zero-order chi connectivity index (χ0) is 21.7. The molecule has 0 spiro atoms. The lowest BCUT2D eigenvalue weighted by Gasteiger charge is -2.32. The van der Waals surface area contributed by atoms with Crippen molar-refractivity contribution in [3.8, 4) is 22.8 Å². The number of carbonyl (C=O) groups excluding carboxylic acids is 1. The lowest BCUT2D eigenvalue weighted by molar-refractivity contribution is 0.0711. The van der Waals surface area contributed by atoms with Crippen molar-refractivity contribution in [1.82, 2.24) is 20.0 Å². The number of amides is 1. The van der Waals surface area contributed by atoms with E-state index in [-0.39, 0.29) is 18.6 Å². The molecule has 2 fully saturated rings. The summed E-state index contributed by atoms with van der Waals surface area (Å²) in [6, 6.07) is 7.30. The normalized spacial score (nSPS) is 18.2. The number of carbonyl (C=O) groups is 1. The van der Waals surface area contributed by atoms with Gasteiger partial charge in [-0.2, -0.15) is 0 Å². The summed E-state index contributed by atoms with van der Waals surface area (Å²) >= 11 is 0. The van der Waals surface area contributed by atoms with Crippen molar-refractivity contribution in [2.75, 3.05) is 19.9 Å². The summed E-state index contributed by atoms with van der Waals surface area (Å²) in [5.74, 6) is 3.70. The Morgan fingerprint density at radius 2 is 1.84 bits per heavy atom. The third-order valence-electron chi connectivity index (χ3n) is 6.46. The van der Waals surface area contributed by atoms with Crippen LogP contribution in [0.1, 0.15) is 65.1 Å². The Hall–Kier alpha value is -3.42. The maximum absolute atomic E-state index is 13.1. The molecule has 164 valence electrons. The van der Waals surface area contributed by atoms with Gasteiger partial charge in [-0.25, -0.2) is 9.97 Å². The summed E-state index contributed by atoms with van der Waals surface area (Å²) in [4.78, 5) is 24.6. The molecule has 1 saturated heterocycles. The minimum Gasteiger partial charge on any atom is -0.454 e. The number of hydrogen-bond acceptors (Lipinski definition) is 7. The molecule has 0 bridgehead atoms. The lowest BCUT2D eigenvalue weighted by Crippen LogP contribution is -2.38. The van der Waals surface area contributed by atoms with E-state index in [9.17, 15) is 4.79 Å². The number of benzene rings is 1. The molecule has 1 saturated carbocycles. The van der Waals surface area contributed by atoms with Gasteiger partial charge in [0.25, 0.3) is 5.91 Å². The summed E-state index contributed by atoms with van der Waals surface area (Å²) in [6.45, 7) is 3.46. The van der Waals surface area contributed by atoms with Crippen molar-refractivity contribution >= 4 is 5.91 Å². The van der Waals surface area contributed by atoms with Crippen LogP contribution < -0.4 is 9.47 Å². The average molecular weight is 432 g/mol. The van der Waals surface area contributed by atoms with E-state index < -0.39 is 0 Å². The largest absolute Gasteiger partial charge is 0.454 e. The maximum atomic E-state index is 13.1. The van der Waals surface area contributed by atoms with Gasteiger partial charge in [-0.05, 0) is 50.8 Å². The quantitative estimate of drug-likeness (QED) is 0.614. The van der Waals surface area contributed by atoms with E-state index in [0.717, 1.165) is 48.5 Å². The Kier molecular flexibility index (Phi) is 4.59. The van der Waals surface area contributed by atoms with E-state index in [1.54, 1.807) is 18.2 Å². The van der Waals surface area contributed by atoms with E-state index in [1.807, 2.05) is 24.1 Å². The van der Waals surface area contributed by atoms with Crippen molar-refractivity contribution in [3.63, 3.8) is 0 Å². The molecule has 1 aliphatic carbocycles. The lowest BCUT2D eigenvalue weighted by atomic mass is 9.89. The number of ether oxygens (including phenoxy) is 2. The van der Waals surface area contributed by atoms with Crippen LogP contribution in [-0.4, -0.2) is 45.8 Å². The van der Waals surface area contributed by atoms with E-state index in [0.29, 0.717) is 41.8 Å². The molecule has 0 radical (unpaired) electrons. The van der Waals surface area contributed by atoms with Crippen LogP contribution in [0.3, 0.4) is 0 Å². The molecular weight excluding hydrogens is 408 g/mol. The second-order valence-corrected chi connectivity index (χ2v) is 8.77. The number of aromatic nitrogens is 3. The van der Waals surface area contributed by atoms with Crippen LogP contribution in [0.4, 0.5) is 0 Å². The Morgan fingerprint density at radius 1 is 1.03 bits per heavy atom. The Bertz CT molecular complexity index is 1180. The van der Waals surface area contributed by atoms with Crippen molar-refractivity contribution < 1.29 is 18.8 Å². The van der Waals surface area contributed by atoms with Crippen molar-refractivity contribution in [2.24, 2.45) is 0 Å². The number of likely N-dealkylation sites (tertiary alicyclic amines) is 1. The van der Waals surface area contributed by atoms with Gasteiger partial charge in [-0.1, -0.05) is 5.16 Å². The Balaban J connectivity index is 1.22. The SMILES string of the molecule is Cc1cc(-c2cnc(C3CC3)nc2C2CCN(C(=O)c3ccc4c(c3)OCO4)CC2)on1. The van der Waals surface area contributed by atoms with Gasteiger partial charge in [0.05, 0.1) is 17.0 Å². The first-order chi connectivity index (χ1) is 15.7. The predicted molar refractivity (Wildman–Crippen MR) is 115 cm³/mol.